The zero-order valence-corrected chi connectivity index (χ0v) is 16.1. The topological polar surface area (TPSA) is 52.7 Å². The lowest BCUT2D eigenvalue weighted by atomic mass is 10.1. The molecule has 2 aromatic rings. The first-order valence-corrected chi connectivity index (χ1v) is 9.39. The van der Waals surface area contributed by atoms with Gasteiger partial charge in [0.05, 0.1) is 0 Å². The number of carbonyl (C=O) groups excluding carboxylic acids is 2. The minimum Gasteiger partial charge on any atom is -0.348 e. The zero-order valence-electron chi connectivity index (χ0n) is 16.1. The minimum atomic E-state index is -0.0954. The van der Waals surface area contributed by atoms with Crippen molar-refractivity contribution >= 4 is 11.8 Å². The molecular formula is C22H27N3O2. The molecule has 1 aliphatic heterocycles. The molecule has 5 nitrogen and oxygen atoms in total. The van der Waals surface area contributed by atoms with Crippen molar-refractivity contribution in [2.75, 3.05) is 20.6 Å². The van der Waals surface area contributed by atoms with Crippen molar-refractivity contribution < 1.29 is 9.59 Å². The number of nitrogens with one attached hydrogen (secondary N) is 1. The summed E-state index contributed by atoms with van der Waals surface area (Å²) in [5.41, 5.74) is 3.94. The van der Waals surface area contributed by atoms with Gasteiger partial charge in [-0.3, -0.25) is 9.59 Å². The highest BCUT2D eigenvalue weighted by atomic mass is 16.2. The Morgan fingerprint density at radius 1 is 1.07 bits per heavy atom. The molecule has 0 bridgehead atoms. The van der Waals surface area contributed by atoms with Gasteiger partial charge in [0.25, 0.3) is 5.91 Å². The molecule has 0 aromatic heterocycles. The van der Waals surface area contributed by atoms with Crippen molar-refractivity contribution in [1.82, 2.24) is 15.1 Å². The molecule has 1 fully saturated rings. The Morgan fingerprint density at radius 3 is 2.48 bits per heavy atom. The van der Waals surface area contributed by atoms with E-state index >= 15 is 0 Å². The molecule has 1 N–H and O–H groups in total. The highest BCUT2D eigenvalue weighted by Crippen LogP contribution is 2.15. The number of amides is 2. The van der Waals surface area contributed by atoms with E-state index in [4.69, 9.17) is 0 Å². The van der Waals surface area contributed by atoms with E-state index in [0.29, 0.717) is 25.1 Å². The van der Waals surface area contributed by atoms with E-state index < -0.39 is 0 Å². The first-order valence-electron chi connectivity index (χ1n) is 9.39. The third-order valence-electron chi connectivity index (χ3n) is 4.71. The van der Waals surface area contributed by atoms with Crippen LogP contribution in [0.4, 0.5) is 0 Å². The van der Waals surface area contributed by atoms with Gasteiger partial charge in [-0.1, -0.05) is 36.4 Å². The van der Waals surface area contributed by atoms with Gasteiger partial charge >= 0.3 is 0 Å². The third kappa shape index (κ3) is 5.41. The fraction of sp³-hybridized carbons (Fsp3) is 0.364. The molecule has 5 heteroatoms. The number of nitrogens with zero attached hydrogens (tertiary/aromatic N) is 2. The molecule has 0 saturated carbocycles. The van der Waals surface area contributed by atoms with Crippen molar-refractivity contribution in [3.05, 3.63) is 70.8 Å². The molecule has 3 rings (SSSR count). The minimum absolute atomic E-state index is 0.0954. The number of rotatable bonds is 7. The normalized spacial score (nSPS) is 14.0. The second-order valence-corrected chi connectivity index (χ2v) is 7.36. The van der Waals surface area contributed by atoms with Gasteiger partial charge in [0.2, 0.25) is 5.91 Å². The first kappa shape index (κ1) is 19.1. The second kappa shape index (κ2) is 8.82. The van der Waals surface area contributed by atoms with Crippen molar-refractivity contribution in [2.24, 2.45) is 0 Å². The van der Waals surface area contributed by atoms with E-state index in [1.165, 1.54) is 5.56 Å². The van der Waals surface area contributed by atoms with Crippen molar-refractivity contribution in [3.8, 4) is 0 Å². The molecule has 2 amide bonds. The predicted molar refractivity (Wildman–Crippen MR) is 106 cm³/mol. The van der Waals surface area contributed by atoms with E-state index in [1.54, 1.807) is 0 Å². The maximum atomic E-state index is 12.5. The van der Waals surface area contributed by atoms with E-state index in [1.807, 2.05) is 43.3 Å². The Balaban J connectivity index is 1.56. The number of benzene rings is 2. The van der Waals surface area contributed by atoms with Crippen LogP contribution >= 0.6 is 0 Å². The van der Waals surface area contributed by atoms with Crippen molar-refractivity contribution in [2.45, 2.75) is 32.5 Å². The molecular weight excluding hydrogens is 338 g/mol. The van der Waals surface area contributed by atoms with Crippen molar-refractivity contribution in [1.29, 1.82) is 0 Å². The SMILES string of the molecule is CN(C)Cc1ccc(CNC(=O)c2cccc(CN3CCCC3=O)c2)cc1. The Morgan fingerprint density at radius 2 is 1.81 bits per heavy atom. The molecule has 1 saturated heterocycles. The smallest absolute Gasteiger partial charge is 0.251 e. The molecule has 0 unspecified atom stereocenters. The molecule has 0 aliphatic carbocycles. The lowest BCUT2D eigenvalue weighted by Crippen LogP contribution is -2.25. The van der Waals surface area contributed by atoms with Gasteiger partial charge in [0, 0.05) is 38.2 Å². The Labute approximate surface area is 161 Å². The summed E-state index contributed by atoms with van der Waals surface area (Å²) in [5, 5.41) is 2.98. The van der Waals surface area contributed by atoms with Crippen LogP contribution in [0.2, 0.25) is 0 Å². The number of likely N-dealkylation sites (tertiary alicyclic amines) is 1. The molecule has 1 aliphatic rings. The Bertz CT molecular complexity index is 799. The Hall–Kier alpha value is -2.66. The van der Waals surface area contributed by atoms with Crippen LogP contribution in [0, 0.1) is 0 Å². The van der Waals surface area contributed by atoms with Crippen LogP contribution < -0.4 is 5.32 Å². The van der Waals surface area contributed by atoms with Crippen LogP contribution in [0.1, 0.15) is 39.9 Å². The molecule has 142 valence electrons. The van der Waals surface area contributed by atoms with Crippen molar-refractivity contribution in [3.63, 3.8) is 0 Å². The summed E-state index contributed by atoms with van der Waals surface area (Å²) in [6.45, 7) is 2.78. The lowest BCUT2D eigenvalue weighted by Gasteiger charge is -2.16. The maximum absolute atomic E-state index is 12.5. The molecule has 0 radical (unpaired) electrons. The Kier molecular flexibility index (Phi) is 6.24. The van der Waals surface area contributed by atoms with Crippen LogP contribution in [-0.2, 0) is 24.4 Å². The van der Waals surface area contributed by atoms with Crippen LogP contribution in [0.3, 0.4) is 0 Å². The summed E-state index contributed by atoms with van der Waals surface area (Å²) in [7, 11) is 4.09. The number of carbonyl (C=O) groups is 2. The standard InChI is InChI=1S/C22H27N3O2/c1-24(2)15-18-10-8-17(9-11-18)14-23-22(27)20-6-3-5-19(13-20)16-25-12-4-7-21(25)26/h3,5-6,8-11,13H,4,7,12,14-16H2,1-2H3,(H,23,27). The summed E-state index contributed by atoms with van der Waals surface area (Å²) < 4.78 is 0. The van der Waals surface area contributed by atoms with Gasteiger partial charge < -0.3 is 15.1 Å². The van der Waals surface area contributed by atoms with Crippen LogP contribution in [0.25, 0.3) is 0 Å². The molecule has 1 heterocycles. The maximum Gasteiger partial charge on any atom is 0.251 e. The van der Waals surface area contributed by atoms with E-state index in [0.717, 1.165) is 30.6 Å². The quantitative estimate of drug-likeness (QED) is 0.821. The number of hydrogen-bond acceptors (Lipinski definition) is 3. The fourth-order valence-corrected chi connectivity index (χ4v) is 3.31. The molecule has 2 aromatic carbocycles. The fourth-order valence-electron chi connectivity index (χ4n) is 3.31. The zero-order chi connectivity index (χ0) is 19.2. The predicted octanol–water partition coefficient (Wildman–Crippen LogP) is 2.80. The van der Waals surface area contributed by atoms with Gasteiger partial charge in [0.1, 0.15) is 0 Å². The molecule has 0 atom stereocenters. The van der Waals surface area contributed by atoms with Gasteiger partial charge in [-0.15, -0.1) is 0 Å². The summed E-state index contributed by atoms with van der Waals surface area (Å²) in [6, 6.07) is 15.8. The lowest BCUT2D eigenvalue weighted by molar-refractivity contribution is -0.128. The van der Waals surface area contributed by atoms with E-state index in [2.05, 4.69) is 34.5 Å². The molecule has 0 spiro atoms. The summed E-state index contributed by atoms with van der Waals surface area (Å²) >= 11 is 0. The monoisotopic (exact) mass is 365 g/mol. The van der Waals surface area contributed by atoms with Gasteiger partial charge in [-0.25, -0.2) is 0 Å². The second-order valence-electron chi connectivity index (χ2n) is 7.36. The van der Waals surface area contributed by atoms with Gasteiger partial charge in [0.15, 0.2) is 0 Å². The summed E-state index contributed by atoms with van der Waals surface area (Å²) in [4.78, 5) is 28.2. The average Bonchev–Trinajstić information content (AvgIpc) is 3.05. The first-order chi connectivity index (χ1) is 13.0. The highest BCUT2D eigenvalue weighted by Gasteiger charge is 2.20. The summed E-state index contributed by atoms with van der Waals surface area (Å²) in [6.07, 6.45) is 1.56. The van der Waals surface area contributed by atoms with Gasteiger partial charge in [-0.05, 0) is 49.3 Å². The summed E-state index contributed by atoms with van der Waals surface area (Å²) in [5.74, 6) is 0.101. The van der Waals surface area contributed by atoms with E-state index in [9.17, 15) is 9.59 Å². The van der Waals surface area contributed by atoms with Gasteiger partial charge in [-0.2, -0.15) is 0 Å². The van der Waals surface area contributed by atoms with E-state index in [-0.39, 0.29) is 11.8 Å². The average molecular weight is 365 g/mol. The molecule has 27 heavy (non-hydrogen) atoms. The van der Waals surface area contributed by atoms with Crippen LogP contribution in [-0.4, -0.2) is 42.3 Å². The van der Waals surface area contributed by atoms with Crippen LogP contribution in [0.15, 0.2) is 48.5 Å². The highest BCUT2D eigenvalue weighted by molar-refractivity contribution is 5.94. The largest absolute Gasteiger partial charge is 0.348 e. The number of hydrogen-bond donors (Lipinski definition) is 1. The third-order valence-corrected chi connectivity index (χ3v) is 4.71. The van der Waals surface area contributed by atoms with Crippen LogP contribution in [0.5, 0.6) is 0 Å².